The molecule has 0 aromatic heterocycles. The number of carbonyl (C=O) groups is 1. The average molecular weight is 292 g/mol. The molecule has 3 fully saturated rings. The van der Waals surface area contributed by atoms with E-state index in [1.807, 2.05) is 0 Å². The van der Waals surface area contributed by atoms with Crippen LogP contribution in [0.5, 0.6) is 0 Å². The van der Waals surface area contributed by atoms with E-state index in [1.54, 1.807) is 0 Å². The minimum Gasteiger partial charge on any atom is -0.336 e. The van der Waals surface area contributed by atoms with Crippen LogP contribution in [0.15, 0.2) is 0 Å². The lowest BCUT2D eigenvalue weighted by Crippen LogP contribution is -2.47. The Balaban J connectivity index is 1.66. The largest absolute Gasteiger partial charge is 0.336 e. The highest BCUT2D eigenvalue weighted by atomic mass is 16.2. The summed E-state index contributed by atoms with van der Waals surface area (Å²) < 4.78 is 0. The Hall–Kier alpha value is -0.570. The highest BCUT2D eigenvalue weighted by molar-refractivity contribution is 5.80. The first-order valence-electron chi connectivity index (χ1n) is 9.26. The number of hydrogen-bond donors (Lipinski definition) is 1. The molecule has 3 aliphatic rings. The molecule has 0 aromatic rings. The topological polar surface area (TPSA) is 46.3 Å². The van der Waals surface area contributed by atoms with E-state index in [0.717, 1.165) is 18.8 Å². The number of amides is 1. The van der Waals surface area contributed by atoms with Crippen molar-refractivity contribution in [1.29, 1.82) is 0 Å². The van der Waals surface area contributed by atoms with Crippen LogP contribution in [0.3, 0.4) is 0 Å². The molecule has 0 heterocycles. The van der Waals surface area contributed by atoms with Crippen molar-refractivity contribution in [3.63, 3.8) is 0 Å². The Kier molecular flexibility index (Phi) is 4.88. The summed E-state index contributed by atoms with van der Waals surface area (Å²) in [5.74, 6) is 2.05. The van der Waals surface area contributed by atoms with E-state index in [0.29, 0.717) is 30.5 Å². The van der Waals surface area contributed by atoms with Gasteiger partial charge in [0.1, 0.15) is 0 Å². The van der Waals surface area contributed by atoms with E-state index < -0.39 is 0 Å². The predicted octanol–water partition coefficient (Wildman–Crippen LogP) is 3.32. The summed E-state index contributed by atoms with van der Waals surface area (Å²) in [6.45, 7) is 3.00. The Bertz CT molecular complexity index is 358. The van der Waals surface area contributed by atoms with E-state index in [2.05, 4.69) is 11.8 Å². The van der Waals surface area contributed by atoms with Gasteiger partial charge in [-0.2, -0.15) is 0 Å². The first kappa shape index (κ1) is 15.3. The zero-order valence-corrected chi connectivity index (χ0v) is 13.6. The van der Waals surface area contributed by atoms with E-state index in [-0.39, 0.29) is 5.92 Å². The summed E-state index contributed by atoms with van der Waals surface area (Å²) in [6.07, 6.45) is 12.3. The van der Waals surface area contributed by atoms with Gasteiger partial charge in [-0.3, -0.25) is 4.79 Å². The summed E-state index contributed by atoms with van der Waals surface area (Å²) in [5.41, 5.74) is 5.90. The quantitative estimate of drug-likeness (QED) is 0.845. The highest BCUT2D eigenvalue weighted by Gasteiger charge is 2.43. The maximum atomic E-state index is 13.1. The van der Waals surface area contributed by atoms with Crippen LogP contribution in [-0.4, -0.2) is 29.4 Å². The van der Waals surface area contributed by atoms with Gasteiger partial charge >= 0.3 is 0 Å². The molecule has 0 aliphatic heterocycles. The molecule has 0 unspecified atom stereocenters. The SMILES string of the molecule is CCC1CCC(N(C(=O)[C@@H]2CCC[C@@H]2CN)C2CC2)CC1. The molecule has 0 radical (unpaired) electrons. The fraction of sp³-hybridized carbons (Fsp3) is 0.944. The first-order chi connectivity index (χ1) is 10.2. The minimum atomic E-state index is 0.236. The molecule has 1 amide bonds. The van der Waals surface area contributed by atoms with Gasteiger partial charge in [0, 0.05) is 18.0 Å². The van der Waals surface area contributed by atoms with Crippen molar-refractivity contribution in [2.45, 2.75) is 83.2 Å². The molecule has 2 N–H and O–H groups in total. The fourth-order valence-corrected chi connectivity index (χ4v) is 4.68. The maximum Gasteiger partial charge on any atom is 0.226 e. The van der Waals surface area contributed by atoms with Gasteiger partial charge in [0.15, 0.2) is 0 Å². The van der Waals surface area contributed by atoms with Gasteiger partial charge in [0.05, 0.1) is 0 Å². The zero-order chi connectivity index (χ0) is 14.8. The van der Waals surface area contributed by atoms with Crippen LogP contribution in [0, 0.1) is 17.8 Å². The maximum absolute atomic E-state index is 13.1. The molecule has 3 rings (SSSR count). The third-order valence-electron chi connectivity index (χ3n) is 6.26. The van der Waals surface area contributed by atoms with Crippen LogP contribution in [0.1, 0.15) is 71.1 Å². The molecule has 2 atom stereocenters. The highest BCUT2D eigenvalue weighted by Crippen LogP contribution is 2.40. The van der Waals surface area contributed by atoms with Gasteiger partial charge in [-0.1, -0.05) is 19.8 Å². The molecule has 21 heavy (non-hydrogen) atoms. The number of rotatable bonds is 5. The summed E-state index contributed by atoms with van der Waals surface area (Å²) in [6, 6.07) is 1.10. The molecule has 3 saturated carbocycles. The van der Waals surface area contributed by atoms with E-state index in [4.69, 9.17) is 5.73 Å². The molecule has 0 bridgehead atoms. The van der Waals surface area contributed by atoms with Gasteiger partial charge in [-0.15, -0.1) is 0 Å². The zero-order valence-electron chi connectivity index (χ0n) is 13.6. The lowest BCUT2D eigenvalue weighted by Gasteiger charge is -2.39. The van der Waals surface area contributed by atoms with Gasteiger partial charge < -0.3 is 10.6 Å². The number of carbonyl (C=O) groups excluding carboxylic acids is 1. The van der Waals surface area contributed by atoms with Gasteiger partial charge in [-0.25, -0.2) is 0 Å². The van der Waals surface area contributed by atoms with E-state index in [9.17, 15) is 4.79 Å². The van der Waals surface area contributed by atoms with Gasteiger partial charge in [-0.05, 0) is 69.7 Å². The van der Waals surface area contributed by atoms with Crippen LogP contribution in [-0.2, 0) is 4.79 Å². The van der Waals surface area contributed by atoms with Crippen molar-refractivity contribution in [3.8, 4) is 0 Å². The van der Waals surface area contributed by atoms with Crippen LogP contribution in [0.4, 0.5) is 0 Å². The van der Waals surface area contributed by atoms with Crippen LogP contribution >= 0.6 is 0 Å². The van der Waals surface area contributed by atoms with Crippen molar-refractivity contribution < 1.29 is 4.79 Å². The standard InChI is InChI=1S/C18H32N2O/c1-2-13-6-8-15(9-7-13)20(16-10-11-16)18(21)17-5-3-4-14(17)12-19/h13-17H,2-12,19H2,1H3/t13?,14-,15?,17-/m1/s1. The number of nitrogens with two attached hydrogens (primary N) is 1. The molecule has 0 saturated heterocycles. The van der Waals surface area contributed by atoms with Crippen LogP contribution in [0.25, 0.3) is 0 Å². The minimum absolute atomic E-state index is 0.236. The molecule has 3 nitrogen and oxygen atoms in total. The van der Waals surface area contributed by atoms with Crippen molar-refractivity contribution >= 4 is 5.91 Å². The molecule has 120 valence electrons. The lowest BCUT2D eigenvalue weighted by molar-refractivity contribution is -0.140. The third kappa shape index (κ3) is 3.28. The van der Waals surface area contributed by atoms with Crippen molar-refractivity contribution in [1.82, 2.24) is 4.90 Å². The molecular formula is C18H32N2O. The van der Waals surface area contributed by atoms with E-state index in [1.165, 1.54) is 51.4 Å². The van der Waals surface area contributed by atoms with Crippen LogP contribution < -0.4 is 5.73 Å². The predicted molar refractivity (Wildman–Crippen MR) is 85.8 cm³/mol. The molecule has 3 heteroatoms. The number of nitrogens with zero attached hydrogens (tertiary/aromatic N) is 1. The second kappa shape index (κ2) is 6.68. The third-order valence-corrected chi connectivity index (χ3v) is 6.26. The molecule has 0 spiro atoms. The summed E-state index contributed by atoms with van der Waals surface area (Å²) in [4.78, 5) is 15.5. The smallest absolute Gasteiger partial charge is 0.226 e. The Labute approximate surface area is 129 Å². The average Bonchev–Trinajstić information content (AvgIpc) is 3.23. The summed E-state index contributed by atoms with van der Waals surface area (Å²) >= 11 is 0. The molecule has 0 aromatic carbocycles. The van der Waals surface area contributed by atoms with Crippen LogP contribution in [0.2, 0.25) is 0 Å². The van der Waals surface area contributed by atoms with E-state index >= 15 is 0 Å². The summed E-state index contributed by atoms with van der Waals surface area (Å²) in [5, 5.41) is 0. The monoisotopic (exact) mass is 292 g/mol. The second-order valence-corrected chi connectivity index (χ2v) is 7.59. The van der Waals surface area contributed by atoms with Crippen molar-refractivity contribution in [2.75, 3.05) is 6.54 Å². The summed E-state index contributed by atoms with van der Waals surface area (Å²) in [7, 11) is 0. The second-order valence-electron chi connectivity index (χ2n) is 7.59. The number of hydrogen-bond acceptors (Lipinski definition) is 2. The van der Waals surface area contributed by atoms with Crippen molar-refractivity contribution in [3.05, 3.63) is 0 Å². The normalized spacial score (nSPS) is 36.7. The molecular weight excluding hydrogens is 260 g/mol. The Morgan fingerprint density at radius 2 is 1.62 bits per heavy atom. The van der Waals surface area contributed by atoms with Crippen molar-refractivity contribution in [2.24, 2.45) is 23.5 Å². The molecule has 3 aliphatic carbocycles. The Morgan fingerprint density at radius 3 is 2.14 bits per heavy atom. The van der Waals surface area contributed by atoms with Gasteiger partial charge in [0.2, 0.25) is 5.91 Å². The lowest BCUT2D eigenvalue weighted by atomic mass is 9.83. The Morgan fingerprint density at radius 1 is 1.00 bits per heavy atom. The fourth-order valence-electron chi connectivity index (χ4n) is 4.68. The first-order valence-corrected chi connectivity index (χ1v) is 9.26. The van der Waals surface area contributed by atoms with Gasteiger partial charge in [0.25, 0.3) is 0 Å².